The Balaban J connectivity index is 1.83. The second-order valence-electron chi connectivity index (χ2n) is 4.48. The molecule has 2 aromatic heterocycles. The Morgan fingerprint density at radius 2 is 2.30 bits per heavy atom. The van der Waals surface area contributed by atoms with E-state index in [1.807, 2.05) is 20.0 Å². The van der Waals surface area contributed by atoms with Crippen molar-refractivity contribution < 1.29 is 9.53 Å². The minimum absolute atomic E-state index is 0.331. The fourth-order valence-electron chi connectivity index (χ4n) is 1.86. The van der Waals surface area contributed by atoms with Crippen molar-refractivity contribution in [1.29, 1.82) is 0 Å². The van der Waals surface area contributed by atoms with Crippen molar-refractivity contribution >= 4 is 22.4 Å². The number of aryl methyl sites for hydroxylation is 3. The van der Waals surface area contributed by atoms with Crippen molar-refractivity contribution in [2.45, 2.75) is 26.7 Å². The lowest BCUT2D eigenvalue weighted by molar-refractivity contribution is 0.0605. The van der Waals surface area contributed by atoms with Crippen LogP contribution in [0.25, 0.3) is 0 Å². The Morgan fingerprint density at radius 1 is 1.50 bits per heavy atom. The number of ether oxygens (including phenoxy) is 1. The zero-order valence-corrected chi connectivity index (χ0v) is 12.6. The van der Waals surface area contributed by atoms with Gasteiger partial charge in [0.05, 0.1) is 19.0 Å². The summed E-state index contributed by atoms with van der Waals surface area (Å²) >= 11 is 1.33. The van der Waals surface area contributed by atoms with Crippen LogP contribution in [0.2, 0.25) is 0 Å². The molecule has 0 saturated heterocycles. The molecule has 0 radical (unpaired) electrons. The molecule has 0 aliphatic carbocycles. The minimum atomic E-state index is -0.331. The quantitative estimate of drug-likeness (QED) is 0.631. The zero-order valence-electron chi connectivity index (χ0n) is 11.8. The van der Waals surface area contributed by atoms with E-state index >= 15 is 0 Å². The summed E-state index contributed by atoms with van der Waals surface area (Å²) in [6.45, 7) is 4.63. The topological polar surface area (TPSA) is 79.9 Å². The van der Waals surface area contributed by atoms with E-state index in [4.69, 9.17) is 4.74 Å². The van der Waals surface area contributed by atoms with Gasteiger partial charge in [-0.1, -0.05) is 11.3 Å². The molecule has 0 aromatic carbocycles. The first kappa shape index (κ1) is 14.5. The molecular weight excluding hydrogens is 276 g/mol. The summed E-state index contributed by atoms with van der Waals surface area (Å²) in [5, 5.41) is 10.9. The van der Waals surface area contributed by atoms with Gasteiger partial charge in [-0.15, -0.1) is 0 Å². The summed E-state index contributed by atoms with van der Waals surface area (Å²) in [5.41, 5.74) is 3.05. The van der Waals surface area contributed by atoms with Crippen LogP contribution in [0.15, 0.2) is 6.20 Å². The van der Waals surface area contributed by atoms with Crippen LogP contribution in [-0.4, -0.2) is 34.8 Å². The molecule has 7 heteroatoms. The van der Waals surface area contributed by atoms with E-state index in [1.165, 1.54) is 24.0 Å². The second kappa shape index (κ2) is 6.51. The van der Waals surface area contributed by atoms with Crippen LogP contribution in [-0.2, 0) is 11.2 Å². The molecule has 2 aromatic rings. The minimum Gasteiger partial charge on any atom is -0.465 e. The molecule has 20 heavy (non-hydrogen) atoms. The second-order valence-corrected chi connectivity index (χ2v) is 5.47. The van der Waals surface area contributed by atoms with Crippen LogP contribution >= 0.6 is 11.3 Å². The van der Waals surface area contributed by atoms with Gasteiger partial charge in [0.2, 0.25) is 0 Å². The number of aromatic nitrogens is 3. The Morgan fingerprint density at radius 3 is 2.95 bits per heavy atom. The lowest BCUT2D eigenvalue weighted by Gasteiger charge is -2.01. The third-order valence-electron chi connectivity index (χ3n) is 3.00. The van der Waals surface area contributed by atoms with Crippen LogP contribution < -0.4 is 5.32 Å². The van der Waals surface area contributed by atoms with Gasteiger partial charge >= 0.3 is 5.97 Å². The van der Waals surface area contributed by atoms with Gasteiger partial charge in [-0.2, -0.15) is 5.10 Å². The monoisotopic (exact) mass is 294 g/mol. The van der Waals surface area contributed by atoms with Crippen LogP contribution in [0, 0.1) is 13.8 Å². The average Bonchev–Trinajstić information content (AvgIpc) is 3.00. The number of thiazole rings is 1. The summed E-state index contributed by atoms with van der Waals surface area (Å²) in [7, 11) is 1.38. The molecule has 108 valence electrons. The fraction of sp³-hybridized carbons (Fsp3) is 0.462. The van der Waals surface area contributed by atoms with Gasteiger partial charge < -0.3 is 10.1 Å². The number of carbonyl (C=O) groups excluding carboxylic acids is 1. The lowest BCUT2D eigenvalue weighted by atomic mass is 10.1. The Hall–Kier alpha value is -1.89. The number of rotatable bonds is 6. The maximum atomic E-state index is 11.5. The van der Waals surface area contributed by atoms with Crippen LogP contribution in [0.1, 0.15) is 33.0 Å². The Kier molecular flexibility index (Phi) is 4.73. The van der Waals surface area contributed by atoms with E-state index in [2.05, 4.69) is 20.5 Å². The molecule has 0 amide bonds. The van der Waals surface area contributed by atoms with Crippen molar-refractivity contribution in [3.05, 3.63) is 28.0 Å². The standard InChI is InChI=1S/C13H18N4O2S/c1-8-10(7-15-17-8)5-4-6-14-13-16-9(2)11(20-13)12(18)19-3/h7H,4-6H2,1-3H3,(H,14,16)(H,15,17). The van der Waals surface area contributed by atoms with Crippen LogP contribution in [0.3, 0.4) is 0 Å². The number of hydrogen-bond acceptors (Lipinski definition) is 6. The number of methoxy groups -OCH3 is 1. The maximum Gasteiger partial charge on any atom is 0.350 e. The smallest absolute Gasteiger partial charge is 0.350 e. The number of carbonyl (C=O) groups is 1. The van der Waals surface area contributed by atoms with Gasteiger partial charge in [0.25, 0.3) is 0 Å². The maximum absolute atomic E-state index is 11.5. The van der Waals surface area contributed by atoms with E-state index in [-0.39, 0.29) is 5.97 Å². The summed E-state index contributed by atoms with van der Waals surface area (Å²) < 4.78 is 4.71. The SMILES string of the molecule is COC(=O)c1sc(NCCCc2cn[nH]c2C)nc1C. The van der Waals surface area contributed by atoms with E-state index in [1.54, 1.807) is 0 Å². The predicted octanol–water partition coefficient (Wildman–Crippen LogP) is 2.31. The predicted molar refractivity (Wildman–Crippen MR) is 78.3 cm³/mol. The largest absolute Gasteiger partial charge is 0.465 e. The lowest BCUT2D eigenvalue weighted by Crippen LogP contribution is -2.02. The summed E-state index contributed by atoms with van der Waals surface area (Å²) in [6, 6.07) is 0. The summed E-state index contributed by atoms with van der Waals surface area (Å²) in [6.07, 6.45) is 3.80. The normalized spacial score (nSPS) is 10.6. The van der Waals surface area contributed by atoms with E-state index in [0.717, 1.165) is 30.2 Å². The number of H-pyrrole nitrogens is 1. The highest BCUT2D eigenvalue weighted by atomic mass is 32.1. The molecule has 2 heterocycles. The van der Waals surface area contributed by atoms with Crippen molar-refractivity contribution in [3.63, 3.8) is 0 Å². The number of hydrogen-bond donors (Lipinski definition) is 2. The van der Waals surface area contributed by atoms with Gasteiger partial charge in [-0.25, -0.2) is 9.78 Å². The first-order valence-corrected chi connectivity index (χ1v) is 7.22. The Labute approximate surface area is 121 Å². The fourth-order valence-corrected chi connectivity index (χ4v) is 2.77. The molecule has 0 fully saturated rings. The highest BCUT2D eigenvalue weighted by Gasteiger charge is 2.15. The van der Waals surface area contributed by atoms with Gasteiger partial charge in [0.15, 0.2) is 5.13 Å². The van der Waals surface area contributed by atoms with Crippen LogP contribution in [0.5, 0.6) is 0 Å². The molecule has 2 rings (SSSR count). The van der Waals surface area contributed by atoms with Gasteiger partial charge in [0.1, 0.15) is 4.88 Å². The average molecular weight is 294 g/mol. The first-order chi connectivity index (χ1) is 9.61. The number of esters is 1. The van der Waals surface area contributed by atoms with Crippen molar-refractivity contribution in [3.8, 4) is 0 Å². The first-order valence-electron chi connectivity index (χ1n) is 6.40. The molecule has 2 N–H and O–H groups in total. The summed E-state index contributed by atoms with van der Waals surface area (Å²) in [5.74, 6) is -0.331. The van der Waals surface area contributed by atoms with Crippen molar-refractivity contribution in [2.75, 3.05) is 19.0 Å². The molecular formula is C13H18N4O2S. The molecule has 0 aliphatic heterocycles. The zero-order chi connectivity index (χ0) is 14.5. The van der Waals surface area contributed by atoms with Gasteiger partial charge in [-0.3, -0.25) is 5.10 Å². The number of nitrogens with zero attached hydrogens (tertiary/aromatic N) is 2. The molecule has 0 unspecified atom stereocenters. The highest BCUT2D eigenvalue weighted by Crippen LogP contribution is 2.23. The number of nitrogens with one attached hydrogen (secondary N) is 2. The Bertz CT molecular complexity index is 591. The number of anilines is 1. The van der Waals surface area contributed by atoms with E-state index in [9.17, 15) is 4.79 Å². The molecule has 0 spiro atoms. The molecule has 6 nitrogen and oxygen atoms in total. The molecule has 0 atom stereocenters. The van der Waals surface area contributed by atoms with E-state index < -0.39 is 0 Å². The molecule has 0 bridgehead atoms. The number of aromatic amines is 1. The molecule has 0 aliphatic rings. The van der Waals surface area contributed by atoms with Crippen LogP contribution in [0.4, 0.5) is 5.13 Å². The highest BCUT2D eigenvalue weighted by molar-refractivity contribution is 7.17. The van der Waals surface area contributed by atoms with Crippen molar-refractivity contribution in [1.82, 2.24) is 15.2 Å². The third kappa shape index (κ3) is 3.36. The van der Waals surface area contributed by atoms with Gasteiger partial charge in [-0.05, 0) is 32.3 Å². The molecule has 0 saturated carbocycles. The third-order valence-corrected chi connectivity index (χ3v) is 4.10. The van der Waals surface area contributed by atoms with E-state index in [0.29, 0.717) is 10.6 Å². The summed E-state index contributed by atoms with van der Waals surface area (Å²) in [4.78, 5) is 16.4. The van der Waals surface area contributed by atoms with Gasteiger partial charge in [0, 0.05) is 12.2 Å². The van der Waals surface area contributed by atoms with Crippen molar-refractivity contribution in [2.24, 2.45) is 0 Å².